The molecule has 0 bridgehead atoms. The van der Waals surface area contributed by atoms with Gasteiger partial charge in [-0.15, -0.1) is 11.3 Å². The first kappa shape index (κ1) is 19.6. The minimum absolute atomic E-state index is 0.0364. The Morgan fingerprint density at radius 3 is 2.74 bits per heavy atom. The molecule has 0 spiro atoms. The van der Waals surface area contributed by atoms with Crippen LogP contribution in [0.2, 0.25) is 0 Å². The lowest BCUT2D eigenvalue weighted by Crippen LogP contribution is -2.24. The van der Waals surface area contributed by atoms with Gasteiger partial charge in [0.1, 0.15) is 4.83 Å². The lowest BCUT2D eigenvalue weighted by atomic mass is 10.2. The fourth-order valence-corrected chi connectivity index (χ4v) is 4.46. The number of carbonyl (C=O) groups is 1. The standard InChI is InChI=1S/C17H21N5O3S2/c1-5-6-7-22-15(24)13-9(2)10(3)27-14(13)20-17(22)26-8-12(23)19-16-18-11(4)21-25-16/h5-8H2,1-4H3,(H,18,19,21,23). The van der Waals surface area contributed by atoms with Gasteiger partial charge in [0, 0.05) is 11.4 Å². The molecule has 0 saturated carbocycles. The average molecular weight is 408 g/mol. The summed E-state index contributed by atoms with van der Waals surface area (Å²) in [7, 11) is 0. The molecule has 3 rings (SSSR count). The van der Waals surface area contributed by atoms with Crippen molar-refractivity contribution in [2.45, 2.75) is 52.2 Å². The lowest BCUT2D eigenvalue weighted by molar-refractivity contribution is -0.114. The molecule has 0 aliphatic rings. The molecule has 3 aromatic rings. The molecule has 27 heavy (non-hydrogen) atoms. The van der Waals surface area contributed by atoms with Crippen molar-refractivity contribution in [3.63, 3.8) is 0 Å². The summed E-state index contributed by atoms with van der Waals surface area (Å²) in [5, 5.41) is 7.41. The van der Waals surface area contributed by atoms with Gasteiger partial charge in [-0.3, -0.25) is 19.5 Å². The number of aryl methyl sites for hydroxylation is 3. The van der Waals surface area contributed by atoms with E-state index >= 15 is 0 Å². The Balaban J connectivity index is 1.85. The molecule has 0 saturated heterocycles. The van der Waals surface area contributed by atoms with Crippen LogP contribution in [0.1, 0.15) is 36.0 Å². The molecule has 0 fully saturated rings. The first-order valence-electron chi connectivity index (χ1n) is 8.64. The number of anilines is 1. The third-order valence-corrected chi connectivity index (χ3v) is 6.17. The maximum Gasteiger partial charge on any atom is 0.328 e. The number of thioether (sulfide) groups is 1. The highest BCUT2D eigenvalue weighted by atomic mass is 32.2. The van der Waals surface area contributed by atoms with E-state index in [4.69, 9.17) is 4.52 Å². The summed E-state index contributed by atoms with van der Waals surface area (Å²) in [6.07, 6.45) is 1.84. The van der Waals surface area contributed by atoms with Gasteiger partial charge in [-0.25, -0.2) is 4.98 Å². The third-order valence-electron chi connectivity index (χ3n) is 4.10. The average Bonchev–Trinajstić information content (AvgIpc) is 3.15. The molecule has 0 atom stereocenters. The zero-order valence-electron chi connectivity index (χ0n) is 15.7. The van der Waals surface area contributed by atoms with E-state index < -0.39 is 0 Å². The number of nitrogens with zero attached hydrogens (tertiary/aromatic N) is 4. The van der Waals surface area contributed by atoms with Crippen molar-refractivity contribution in [2.24, 2.45) is 0 Å². The van der Waals surface area contributed by atoms with E-state index in [0.29, 0.717) is 22.9 Å². The van der Waals surface area contributed by atoms with Crippen LogP contribution in [-0.2, 0) is 11.3 Å². The second kappa shape index (κ2) is 8.22. The van der Waals surface area contributed by atoms with E-state index in [2.05, 4.69) is 27.4 Å². The summed E-state index contributed by atoms with van der Waals surface area (Å²) in [4.78, 5) is 35.6. The zero-order valence-corrected chi connectivity index (χ0v) is 17.3. The fourth-order valence-electron chi connectivity index (χ4n) is 2.57. The molecule has 3 heterocycles. The Morgan fingerprint density at radius 1 is 1.30 bits per heavy atom. The largest absolute Gasteiger partial charge is 0.328 e. The third kappa shape index (κ3) is 4.22. The second-order valence-electron chi connectivity index (χ2n) is 6.15. The van der Waals surface area contributed by atoms with Crippen molar-refractivity contribution in [2.75, 3.05) is 11.1 Å². The summed E-state index contributed by atoms with van der Waals surface area (Å²) in [6, 6.07) is 0.0643. The van der Waals surface area contributed by atoms with Gasteiger partial charge in [0.05, 0.1) is 11.1 Å². The summed E-state index contributed by atoms with van der Waals surface area (Å²) in [6.45, 7) is 8.27. The number of rotatable bonds is 7. The number of thiophene rings is 1. The van der Waals surface area contributed by atoms with E-state index in [1.54, 1.807) is 11.5 Å². The van der Waals surface area contributed by atoms with Crippen LogP contribution in [0.25, 0.3) is 10.2 Å². The molecule has 144 valence electrons. The van der Waals surface area contributed by atoms with E-state index in [-0.39, 0.29) is 23.2 Å². The van der Waals surface area contributed by atoms with Crippen LogP contribution in [0.3, 0.4) is 0 Å². The van der Waals surface area contributed by atoms with Gasteiger partial charge in [0.2, 0.25) is 5.91 Å². The van der Waals surface area contributed by atoms with E-state index in [0.717, 1.165) is 28.1 Å². The zero-order chi connectivity index (χ0) is 19.6. The fraction of sp³-hybridized carbons (Fsp3) is 0.471. The molecule has 0 aliphatic heterocycles. The SMILES string of the molecule is CCCCn1c(SCC(=O)Nc2nc(C)no2)nc2sc(C)c(C)c2c1=O. The highest BCUT2D eigenvalue weighted by Gasteiger charge is 2.18. The van der Waals surface area contributed by atoms with Crippen LogP contribution in [0.5, 0.6) is 0 Å². The highest BCUT2D eigenvalue weighted by Crippen LogP contribution is 2.28. The Labute approximate surface area is 164 Å². The molecular formula is C17H21N5O3S2. The summed E-state index contributed by atoms with van der Waals surface area (Å²) in [5.41, 5.74) is 0.949. The number of hydrogen-bond acceptors (Lipinski definition) is 8. The monoisotopic (exact) mass is 407 g/mol. The summed E-state index contributed by atoms with van der Waals surface area (Å²) < 4.78 is 6.57. The predicted octanol–water partition coefficient (Wildman–Crippen LogP) is 3.30. The number of aromatic nitrogens is 4. The number of carbonyl (C=O) groups excluding carboxylic acids is 1. The van der Waals surface area contributed by atoms with E-state index in [9.17, 15) is 9.59 Å². The molecule has 0 aromatic carbocycles. The number of nitrogens with one attached hydrogen (secondary N) is 1. The molecule has 1 N–H and O–H groups in total. The number of unbranched alkanes of at least 4 members (excludes halogenated alkanes) is 1. The Morgan fingerprint density at radius 2 is 2.07 bits per heavy atom. The van der Waals surface area contributed by atoms with Gasteiger partial charge < -0.3 is 4.52 Å². The van der Waals surface area contributed by atoms with Crippen molar-refractivity contribution in [1.29, 1.82) is 0 Å². The number of hydrogen-bond donors (Lipinski definition) is 1. The van der Waals surface area contributed by atoms with Crippen LogP contribution in [0.15, 0.2) is 14.5 Å². The topological polar surface area (TPSA) is 103 Å². The first-order valence-corrected chi connectivity index (χ1v) is 10.4. The van der Waals surface area contributed by atoms with E-state index in [1.165, 1.54) is 23.1 Å². The van der Waals surface area contributed by atoms with Crippen LogP contribution in [0, 0.1) is 20.8 Å². The van der Waals surface area contributed by atoms with Gasteiger partial charge in [0.25, 0.3) is 5.56 Å². The molecule has 3 aromatic heterocycles. The van der Waals surface area contributed by atoms with Crippen LogP contribution in [-0.4, -0.2) is 31.4 Å². The molecule has 0 radical (unpaired) electrons. The summed E-state index contributed by atoms with van der Waals surface area (Å²) in [5.74, 6) is 0.245. The van der Waals surface area contributed by atoms with Crippen molar-refractivity contribution < 1.29 is 9.32 Å². The smallest absolute Gasteiger partial charge is 0.315 e. The molecular weight excluding hydrogens is 386 g/mol. The van der Waals surface area contributed by atoms with Gasteiger partial charge >= 0.3 is 6.01 Å². The maximum atomic E-state index is 13.0. The highest BCUT2D eigenvalue weighted by molar-refractivity contribution is 7.99. The van der Waals surface area contributed by atoms with Gasteiger partial charge in [-0.05, 0) is 32.8 Å². The van der Waals surface area contributed by atoms with Crippen molar-refractivity contribution in [1.82, 2.24) is 19.7 Å². The quantitative estimate of drug-likeness (QED) is 0.473. The van der Waals surface area contributed by atoms with Gasteiger partial charge in [-0.1, -0.05) is 30.3 Å². The molecule has 0 aliphatic carbocycles. The Bertz CT molecular complexity index is 1040. The maximum absolute atomic E-state index is 13.0. The van der Waals surface area contributed by atoms with Gasteiger partial charge in [0.15, 0.2) is 11.0 Å². The molecule has 1 amide bonds. The van der Waals surface area contributed by atoms with Crippen molar-refractivity contribution in [3.8, 4) is 0 Å². The van der Waals surface area contributed by atoms with Crippen LogP contribution >= 0.6 is 23.1 Å². The van der Waals surface area contributed by atoms with Crippen LogP contribution < -0.4 is 10.9 Å². The van der Waals surface area contributed by atoms with E-state index in [1.807, 2.05) is 13.8 Å². The normalized spacial score (nSPS) is 11.3. The molecule has 10 heteroatoms. The van der Waals surface area contributed by atoms with Crippen molar-refractivity contribution >= 4 is 45.2 Å². The Hall–Kier alpha value is -2.20. The van der Waals surface area contributed by atoms with Gasteiger partial charge in [-0.2, -0.15) is 4.98 Å². The Kier molecular flexibility index (Phi) is 5.95. The lowest BCUT2D eigenvalue weighted by Gasteiger charge is -2.11. The minimum Gasteiger partial charge on any atom is -0.315 e. The predicted molar refractivity (Wildman–Crippen MR) is 107 cm³/mol. The summed E-state index contributed by atoms with van der Waals surface area (Å²) >= 11 is 2.74. The first-order chi connectivity index (χ1) is 12.9. The van der Waals surface area contributed by atoms with Crippen molar-refractivity contribution in [3.05, 3.63) is 26.6 Å². The van der Waals surface area contributed by atoms with Crippen LogP contribution in [0.4, 0.5) is 6.01 Å². The number of fused-ring (bicyclic) bond motifs is 1. The molecule has 0 unspecified atom stereocenters. The minimum atomic E-state index is -0.293. The molecule has 8 nitrogen and oxygen atoms in total. The second-order valence-corrected chi connectivity index (χ2v) is 8.30. The number of amides is 1.